The summed E-state index contributed by atoms with van der Waals surface area (Å²) in [6, 6.07) is 11.2. The van der Waals surface area contributed by atoms with Crippen LogP contribution < -0.4 is 5.32 Å². The second kappa shape index (κ2) is 7.39. The number of nitrogens with one attached hydrogen (secondary N) is 1. The molecule has 136 valence electrons. The number of fused-ring (bicyclic) bond motifs is 1. The van der Waals surface area contributed by atoms with E-state index < -0.39 is 0 Å². The lowest BCUT2D eigenvalue weighted by molar-refractivity contribution is -0.142. The first-order valence-corrected chi connectivity index (χ1v) is 10.0. The van der Waals surface area contributed by atoms with Crippen molar-refractivity contribution in [3.8, 4) is 0 Å². The second-order valence-electron chi connectivity index (χ2n) is 6.69. The zero-order chi connectivity index (χ0) is 18.1. The summed E-state index contributed by atoms with van der Waals surface area (Å²) >= 11 is 7.66. The Balaban J connectivity index is 1.63. The third-order valence-corrected chi connectivity index (χ3v) is 6.05. The molecule has 0 radical (unpaired) electrons. The van der Waals surface area contributed by atoms with Gasteiger partial charge < -0.3 is 4.90 Å². The highest BCUT2D eigenvalue weighted by Gasteiger charge is 2.47. The summed E-state index contributed by atoms with van der Waals surface area (Å²) in [5, 5.41) is 5.98. The molecule has 26 heavy (non-hydrogen) atoms. The smallest absolute Gasteiger partial charge is 0.304 e. The van der Waals surface area contributed by atoms with Gasteiger partial charge in [-0.05, 0) is 48.5 Å². The van der Waals surface area contributed by atoms with Crippen LogP contribution in [0.1, 0.15) is 23.3 Å². The number of piperidine rings is 1. The van der Waals surface area contributed by atoms with E-state index in [-0.39, 0.29) is 24.0 Å². The van der Waals surface area contributed by atoms with Crippen molar-refractivity contribution < 1.29 is 9.59 Å². The van der Waals surface area contributed by atoms with Crippen LogP contribution in [0.2, 0.25) is 5.02 Å². The van der Waals surface area contributed by atoms with Crippen molar-refractivity contribution in [2.45, 2.75) is 32.1 Å². The number of hydrogen-bond acceptors (Lipinski definition) is 4. The third kappa shape index (κ3) is 3.37. The van der Waals surface area contributed by atoms with Gasteiger partial charge in [0.25, 0.3) is 0 Å². The van der Waals surface area contributed by atoms with Crippen molar-refractivity contribution in [3.05, 3.63) is 57.2 Å². The number of benzene rings is 1. The molecule has 2 fully saturated rings. The molecule has 1 aromatic carbocycles. The molecule has 7 heteroatoms. The normalized spacial score (nSPS) is 23.3. The van der Waals surface area contributed by atoms with E-state index in [9.17, 15) is 9.59 Å². The van der Waals surface area contributed by atoms with Crippen LogP contribution in [-0.2, 0) is 17.9 Å². The van der Waals surface area contributed by atoms with Gasteiger partial charge in [-0.3, -0.25) is 15.0 Å². The number of nitrogens with zero attached hydrogens (tertiary/aromatic N) is 2. The van der Waals surface area contributed by atoms with E-state index in [1.807, 2.05) is 41.8 Å². The largest absolute Gasteiger partial charge is 0.328 e. The molecular formula is C19H20ClN3O2S. The molecule has 3 heterocycles. The van der Waals surface area contributed by atoms with E-state index in [2.05, 4.69) is 5.32 Å². The molecule has 2 atom stereocenters. The van der Waals surface area contributed by atoms with Crippen LogP contribution in [0.5, 0.6) is 0 Å². The fourth-order valence-corrected chi connectivity index (χ4v) is 4.63. The van der Waals surface area contributed by atoms with E-state index in [4.69, 9.17) is 11.6 Å². The van der Waals surface area contributed by atoms with Gasteiger partial charge in [0.15, 0.2) is 0 Å². The van der Waals surface area contributed by atoms with Crippen LogP contribution in [0.25, 0.3) is 0 Å². The topological polar surface area (TPSA) is 52.7 Å². The van der Waals surface area contributed by atoms with Crippen LogP contribution in [0, 0.1) is 5.92 Å². The molecule has 0 saturated carbocycles. The Labute approximate surface area is 161 Å². The summed E-state index contributed by atoms with van der Waals surface area (Å²) in [4.78, 5) is 30.3. The van der Waals surface area contributed by atoms with E-state index in [0.29, 0.717) is 18.1 Å². The molecule has 3 amide bonds. The summed E-state index contributed by atoms with van der Waals surface area (Å²) in [5.74, 6) is -0.261. The maximum Gasteiger partial charge on any atom is 0.328 e. The quantitative estimate of drug-likeness (QED) is 0.867. The molecular weight excluding hydrogens is 370 g/mol. The standard InChI is InChI=1S/C19H20ClN3O2S/c20-14-5-1-4-13(10-14)11-22-17-16(7-2-8-21-17)18(24)23(19(22)25)12-15-6-3-9-26-15/h1,3-6,9-10,16-17,21H,2,7-8,11-12H2. The lowest BCUT2D eigenvalue weighted by atomic mass is 9.91. The Hall–Kier alpha value is -1.89. The summed E-state index contributed by atoms with van der Waals surface area (Å²) in [6.07, 6.45) is 1.50. The fraction of sp³-hybridized carbons (Fsp3) is 0.368. The van der Waals surface area contributed by atoms with Gasteiger partial charge >= 0.3 is 6.03 Å². The SMILES string of the molecule is O=C1C2CCCNC2N(Cc2cccc(Cl)c2)C(=O)N1Cc1cccs1. The average Bonchev–Trinajstić information content (AvgIpc) is 3.16. The number of urea groups is 1. The van der Waals surface area contributed by atoms with E-state index >= 15 is 0 Å². The maximum atomic E-state index is 13.2. The summed E-state index contributed by atoms with van der Waals surface area (Å²) < 4.78 is 0. The number of halogens is 1. The minimum Gasteiger partial charge on any atom is -0.304 e. The maximum absolute atomic E-state index is 13.2. The van der Waals surface area contributed by atoms with Crippen LogP contribution in [0.4, 0.5) is 4.79 Å². The molecule has 0 spiro atoms. The van der Waals surface area contributed by atoms with Crippen LogP contribution in [-0.4, -0.2) is 34.4 Å². The molecule has 4 rings (SSSR count). The number of imide groups is 1. The van der Waals surface area contributed by atoms with Gasteiger partial charge in [0.2, 0.25) is 5.91 Å². The van der Waals surface area contributed by atoms with Crippen LogP contribution in [0.15, 0.2) is 41.8 Å². The molecule has 2 saturated heterocycles. The van der Waals surface area contributed by atoms with Gasteiger partial charge in [-0.15, -0.1) is 11.3 Å². The fourth-order valence-electron chi connectivity index (χ4n) is 3.73. The molecule has 1 N–H and O–H groups in total. The van der Waals surface area contributed by atoms with Crippen molar-refractivity contribution in [3.63, 3.8) is 0 Å². The third-order valence-electron chi connectivity index (χ3n) is 4.96. The number of hydrogen-bond donors (Lipinski definition) is 1. The Bertz CT molecular complexity index is 811. The molecule has 0 bridgehead atoms. The first-order chi connectivity index (χ1) is 12.6. The van der Waals surface area contributed by atoms with Gasteiger partial charge in [0.05, 0.1) is 18.6 Å². The number of carbonyl (C=O) groups excluding carboxylic acids is 2. The first-order valence-electron chi connectivity index (χ1n) is 8.75. The van der Waals surface area contributed by atoms with Crippen molar-refractivity contribution in [2.75, 3.05) is 6.54 Å². The van der Waals surface area contributed by atoms with E-state index in [1.54, 1.807) is 16.2 Å². The predicted molar refractivity (Wildman–Crippen MR) is 102 cm³/mol. The Kier molecular flexibility index (Phi) is 4.98. The van der Waals surface area contributed by atoms with E-state index in [1.165, 1.54) is 4.90 Å². The molecule has 5 nitrogen and oxygen atoms in total. The van der Waals surface area contributed by atoms with Gasteiger partial charge in [0.1, 0.15) is 0 Å². The van der Waals surface area contributed by atoms with Gasteiger partial charge in [-0.2, -0.15) is 0 Å². The highest BCUT2D eigenvalue weighted by atomic mass is 35.5. The average molecular weight is 390 g/mol. The zero-order valence-corrected chi connectivity index (χ0v) is 15.8. The van der Waals surface area contributed by atoms with Crippen LogP contribution in [0.3, 0.4) is 0 Å². The molecule has 2 unspecified atom stereocenters. The Morgan fingerprint density at radius 1 is 1.19 bits per heavy atom. The molecule has 2 aliphatic heterocycles. The van der Waals surface area contributed by atoms with Gasteiger partial charge in [-0.25, -0.2) is 4.79 Å². The van der Waals surface area contributed by atoms with Crippen molar-refractivity contribution in [1.29, 1.82) is 0 Å². The number of carbonyl (C=O) groups is 2. The van der Waals surface area contributed by atoms with Crippen molar-refractivity contribution in [1.82, 2.24) is 15.1 Å². The lowest BCUT2D eigenvalue weighted by Crippen LogP contribution is -2.66. The second-order valence-corrected chi connectivity index (χ2v) is 8.16. The number of thiophene rings is 1. The monoisotopic (exact) mass is 389 g/mol. The summed E-state index contributed by atoms with van der Waals surface area (Å²) in [7, 11) is 0. The number of rotatable bonds is 4. The molecule has 2 aliphatic rings. The Morgan fingerprint density at radius 2 is 2.08 bits per heavy atom. The van der Waals surface area contributed by atoms with Crippen molar-refractivity contribution >= 4 is 34.9 Å². The highest BCUT2D eigenvalue weighted by Crippen LogP contribution is 2.31. The molecule has 2 aromatic rings. The predicted octanol–water partition coefficient (Wildman–Crippen LogP) is 3.69. The lowest BCUT2D eigenvalue weighted by Gasteiger charge is -2.47. The molecule has 0 aliphatic carbocycles. The number of amides is 3. The Morgan fingerprint density at radius 3 is 2.85 bits per heavy atom. The minimum atomic E-state index is -0.248. The molecule has 1 aromatic heterocycles. The van der Waals surface area contributed by atoms with Crippen LogP contribution >= 0.6 is 22.9 Å². The van der Waals surface area contributed by atoms with Crippen molar-refractivity contribution in [2.24, 2.45) is 5.92 Å². The highest BCUT2D eigenvalue weighted by molar-refractivity contribution is 7.09. The zero-order valence-electron chi connectivity index (χ0n) is 14.2. The summed E-state index contributed by atoms with van der Waals surface area (Å²) in [5.41, 5.74) is 0.961. The van der Waals surface area contributed by atoms with Gasteiger partial charge in [0, 0.05) is 16.4 Å². The van der Waals surface area contributed by atoms with Gasteiger partial charge in [-0.1, -0.05) is 29.8 Å². The van der Waals surface area contributed by atoms with E-state index in [0.717, 1.165) is 29.8 Å². The first kappa shape index (κ1) is 17.5. The summed E-state index contributed by atoms with van der Waals surface area (Å²) in [6.45, 7) is 1.59. The minimum absolute atomic E-state index is 0.0667.